The van der Waals surface area contributed by atoms with Crippen LogP contribution in [-0.2, 0) is 16.0 Å². The molecule has 2 saturated heterocycles. The van der Waals surface area contributed by atoms with Crippen LogP contribution >= 0.6 is 24.0 Å². The molecule has 0 saturated carbocycles. The molecule has 2 aromatic heterocycles. The van der Waals surface area contributed by atoms with Gasteiger partial charge in [-0.05, 0) is 55.7 Å². The van der Waals surface area contributed by atoms with E-state index in [1.54, 1.807) is 42.2 Å². The number of amides is 2. The van der Waals surface area contributed by atoms with Gasteiger partial charge in [0.25, 0.3) is 11.5 Å². The topological polar surface area (TPSA) is 96.7 Å². The molecule has 214 valence electrons. The monoisotopic (exact) mass is 593 g/mol. The van der Waals surface area contributed by atoms with Gasteiger partial charge < -0.3 is 19.3 Å². The summed E-state index contributed by atoms with van der Waals surface area (Å²) in [5.74, 6) is 1.02. The van der Waals surface area contributed by atoms with Crippen LogP contribution in [0.15, 0.2) is 52.3 Å². The summed E-state index contributed by atoms with van der Waals surface area (Å²) in [7, 11) is 1.62. The van der Waals surface area contributed by atoms with Gasteiger partial charge in [-0.15, -0.1) is 0 Å². The number of carbonyl (C=O) groups excluding carboxylic acids is 2. The number of nitrogens with zero attached hydrogens (tertiary/aromatic N) is 5. The Hall–Kier alpha value is -3.90. The number of thioether (sulfide) groups is 1. The first-order valence-electron chi connectivity index (χ1n) is 13.4. The van der Waals surface area contributed by atoms with Crippen LogP contribution in [0.3, 0.4) is 0 Å². The van der Waals surface area contributed by atoms with Crippen molar-refractivity contribution in [3.05, 3.63) is 74.5 Å². The Bertz CT molecular complexity index is 1580. The number of aryl methyl sites for hydroxylation is 1. The maximum atomic E-state index is 13.8. The van der Waals surface area contributed by atoms with E-state index in [2.05, 4.69) is 0 Å². The van der Waals surface area contributed by atoms with Crippen LogP contribution in [0.5, 0.6) is 5.75 Å². The lowest BCUT2D eigenvalue weighted by molar-refractivity contribution is -0.122. The number of rotatable bonds is 7. The largest absolute Gasteiger partial charge is 0.497 e. The number of ether oxygens (including phenoxy) is 2. The summed E-state index contributed by atoms with van der Waals surface area (Å²) in [4.78, 5) is 50.0. The normalized spacial score (nSPS) is 16.7. The Morgan fingerprint density at radius 1 is 1.12 bits per heavy atom. The molecular formula is C29H31N5O5S2. The van der Waals surface area contributed by atoms with E-state index in [1.807, 2.05) is 42.2 Å². The van der Waals surface area contributed by atoms with Crippen LogP contribution in [0, 0.1) is 6.92 Å². The smallest absolute Gasteiger partial charge is 0.409 e. The van der Waals surface area contributed by atoms with E-state index in [1.165, 1.54) is 16.2 Å². The lowest BCUT2D eigenvalue weighted by Crippen LogP contribution is -2.49. The van der Waals surface area contributed by atoms with Gasteiger partial charge in [-0.2, -0.15) is 0 Å². The SMILES string of the molecule is CCOC(=O)N1CCN(c2nc3c(C)cccn3c(=O)c2C=C2SC(=S)N(CCc3ccc(OC)cc3)C2=O)CC1. The number of pyridine rings is 1. The van der Waals surface area contributed by atoms with Gasteiger partial charge in [0.2, 0.25) is 0 Å². The summed E-state index contributed by atoms with van der Waals surface area (Å²) < 4.78 is 12.3. The molecule has 10 nitrogen and oxygen atoms in total. The standard InChI is InChI=1S/C29H31N5O5S2/c1-4-39-28(37)32-16-14-31(15-17-32)25-22(26(35)33-12-5-6-19(2)24(33)30-25)18-23-27(36)34(29(40)41-23)13-11-20-7-9-21(38-3)10-8-20/h5-10,12,18H,4,11,13-17H2,1-3H3. The van der Waals surface area contributed by atoms with Crippen LogP contribution in [0.25, 0.3) is 11.7 Å². The summed E-state index contributed by atoms with van der Waals surface area (Å²) in [5.41, 5.74) is 2.50. The number of hydrogen-bond donors (Lipinski definition) is 0. The zero-order valence-electron chi connectivity index (χ0n) is 23.2. The van der Waals surface area contributed by atoms with Crippen LogP contribution in [0.2, 0.25) is 0 Å². The molecule has 2 fully saturated rings. The van der Waals surface area contributed by atoms with Crippen molar-refractivity contribution in [1.29, 1.82) is 0 Å². The maximum absolute atomic E-state index is 13.8. The average Bonchev–Trinajstić information content (AvgIpc) is 3.25. The van der Waals surface area contributed by atoms with Gasteiger partial charge >= 0.3 is 6.09 Å². The predicted octanol–water partition coefficient (Wildman–Crippen LogP) is 3.73. The van der Waals surface area contributed by atoms with Gasteiger partial charge in [0.05, 0.1) is 24.2 Å². The van der Waals surface area contributed by atoms with Crippen LogP contribution < -0.4 is 15.2 Å². The van der Waals surface area contributed by atoms with E-state index < -0.39 is 0 Å². The van der Waals surface area contributed by atoms with Crippen molar-refractivity contribution in [2.24, 2.45) is 0 Å². The fraction of sp³-hybridized carbons (Fsp3) is 0.345. The highest BCUT2D eigenvalue weighted by Crippen LogP contribution is 2.34. The summed E-state index contributed by atoms with van der Waals surface area (Å²) in [6.45, 7) is 6.21. The summed E-state index contributed by atoms with van der Waals surface area (Å²) in [5, 5.41) is 0. The van der Waals surface area contributed by atoms with E-state index in [9.17, 15) is 14.4 Å². The first-order chi connectivity index (χ1) is 19.8. The number of fused-ring (bicyclic) bond motifs is 1. The van der Waals surface area contributed by atoms with Crippen molar-refractivity contribution >= 4 is 57.8 Å². The van der Waals surface area contributed by atoms with Crippen molar-refractivity contribution in [2.45, 2.75) is 20.3 Å². The van der Waals surface area contributed by atoms with Crippen molar-refractivity contribution in [3.8, 4) is 5.75 Å². The molecular weight excluding hydrogens is 562 g/mol. The molecule has 0 radical (unpaired) electrons. The number of benzene rings is 1. The molecule has 5 rings (SSSR count). The predicted molar refractivity (Wildman–Crippen MR) is 164 cm³/mol. The molecule has 0 atom stereocenters. The molecule has 2 aliphatic heterocycles. The fourth-order valence-corrected chi connectivity index (χ4v) is 6.13. The van der Waals surface area contributed by atoms with E-state index >= 15 is 0 Å². The molecule has 1 aromatic carbocycles. The van der Waals surface area contributed by atoms with Crippen molar-refractivity contribution < 1.29 is 19.1 Å². The number of aromatic nitrogens is 2. The molecule has 0 bridgehead atoms. The number of methoxy groups -OCH3 is 1. The van der Waals surface area contributed by atoms with Crippen molar-refractivity contribution in [3.63, 3.8) is 0 Å². The molecule has 2 aliphatic rings. The highest BCUT2D eigenvalue weighted by Gasteiger charge is 2.33. The second kappa shape index (κ2) is 12.3. The number of thiocarbonyl (C=S) groups is 1. The number of hydrogen-bond acceptors (Lipinski definition) is 9. The van der Waals surface area contributed by atoms with Crippen molar-refractivity contribution in [1.82, 2.24) is 19.2 Å². The zero-order valence-corrected chi connectivity index (χ0v) is 24.8. The molecule has 0 spiro atoms. The average molecular weight is 594 g/mol. The van der Waals surface area contributed by atoms with E-state index in [-0.39, 0.29) is 17.6 Å². The quantitative estimate of drug-likeness (QED) is 0.300. The summed E-state index contributed by atoms with van der Waals surface area (Å²) in [6.07, 6.45) is 3.56. The molecule has 4 heterocycles. The molecule has 41 heavy (non-hydrogen) atoms. The number of anilines is 1. The summed E-state index contributed by atoms with van der Waals surface area (Å²) >= 11 is 6.74. The lowest BCUT2D eigenvalue weighted by Gasteiger charge is -2.35. The Balaban J connectivity index is 1.44. The highest BCUT2D eigenvalue weighted by atomic mass is 32.2. The minimum absolute atomic E-state index is 0.236. The molecule has 3 aromatic rings. The van der Waals surface area contributed by atoms with Gasteiger partial charge in [-0.3, -0.25) is 18.9 Å². The fourth-order valence-electron chi connectivity index (χ4n) is 4.84. The first-order valence-corrected chi connectivity index (χ1v) is 14.6. The Morgan fingerprint density at radius 3 is 2.54 bits per heavy atom. The van der Waals surface area contributed by atoms with Gasteiger partial charge in [0, 0.05) is 38.9 Å². The highest BCUT2D eigenvalue weighted by molar-refractivity contribution is 8.26. The second-order valence-corrected chi connectivity index (χ2v) is 11.3. The third-order valence-corrected chi connectivity index (χ3v) is 8.48. The Labute approximate surface area is 247 Å². The molecule has 0 aliphatic carbocycles. The van der Waals surface area contributed by atoms with Crippen molar-refractivity contribution in [2.75, 3.05) is 51.3 Å². The van der Waals surface area contributed by atoms with Crippen LogP contribution in [-0.4, -0.2) is 81.9 Å². The minimum atomic E-state index is -0.354. The van der Waals surface area contributed by atoms with Gasteiger partial charge in [0.1, 0.15) is 21.5 Å². The van der Waals surface area contributed by atoms with Gasteiger partial charge in [-0.1, -0.05) is 42.2 Å². The van der Waals surface area contributed by atoms with Gasteiger partial charge in [-0.25, -0.2) is 9.78 Å². The van der Waals surface area contributed by atoms with Gasteiger partial charge in [0.15, 0.2) is 0 Å². The molecule has 0 unspecified atom stereocenters. The molecule has 0 N–H and O–H groups in total. The molecule has 2 amide bonds. The maximum Gasteiger partial charge on any atom is 0.409 e. The Kier molecular flexibility index (Phi) is 8.60. The number of carbonyl (C=O) groups is 2. The van der Waals surface area contributed by atoms with E-state index in [0.717, 1.165) is 16.9 Å². The first kappa shape index (κ1) is 28.6. The Morgan fingerprint density at radius 2 is 1.85 bits per heavy atom. The van der Waals surface area contributed by atoms with Crippen LogP contribution in [0.4, 0.5) is 10.6 Å². The van der Waals surface area contributed by atoms with E-state index in [4.69, 9.17) is 26.7 Å². The third-order valence-electron chi connectivity index (χ3n) is 7.10. The number of piperazine rings is 1. The lowest BCUT2D eigenvalue weighted by atomic mass is 10.1. The molecule has 12 heteroatoms. The summed E-state index contributed by atoms with van der Waals surface area (Å²) in [6, 6.07) is 11.4. The van der Waals surface area contributed by atoms with Crippen LogP contribution in [0.1, 0.15) is 23.6 Å². The van der Waals surface area contributed by atoms with E-state index in [0.29, 0.717) is 72.0 Å². The second-order valence-electron chi connectivity index (χ2n) is 9.64. The zero-order chi connectivity index (χ0) is 29.1. The third kappa shape index (κ3) is 5.94. The minimum Gasteiger partial charge on any atom is -0.497 e.